The highest BCUT2D eigenvalue weighted by molar-refractivity contribution is 5.84. The van der Waals surface area contributed by atoms with Crippen LogP contribution < -0.4 is 15.1 Å². The van der Waals surface area contributed by atoms with Gasteiger partial charge in [-0.25, -0.2) is 0 Å². The third-order valence-corrected chi connectivity index (χ3v) is 5.11. The maximum atomic E-state index is 13.3. The van der Waals surface area contributed by atoms with Crippen LogP contribution in [-0.4, -0.2) is 25.2 Å². The van der Waals surface area contributed by atoms with Crippen molar-refractivity contribution in [2.24, 2.45) is 0 Å². The van der Waals surface area contributed by atoms with E-state index >= 15 is 0 Å². The van der Waals surface area contributed by atoms with Gasteiger partial charge in [-0.3, -0.25) is 4.79 Å². The molecule has 25 heavy (non-hydrogen) atoms. The molecule has 4 heteroatoms. The zero-order valence-electron chi connectivity index (χ0n) is 14.5. The fourth-order valence-electron chi connectivity index (χ4n) is 3.76. The van der Waals surface area contributed by atoms with Crippen LogP contribution in [0.15, 0.2) is 53.3 Å². The summed E-state index contributed by atoms with van der Waals surface area (Å²) in [5, 5.41) is 0.702. The van der Waals surface area contributed by atoms with Crippen LogP contribution >= 0.6 is 0 Å². The largest absolute Gasteiger partial charge is 0.497 e. The Morgan fingerprint density at radius 1 is 1.08 bits per heavy atom. The number of hydrogen-bond acceptors (Lipinski definition) is 2. The number of ether oxygens (including phenoxy) is 1. The van der Waals surface area contributed by atoms with E-state index in [4.69, 9.17) is 4.74 Å². The van der Waals surface area contributed by atoms with Crippen molar-refractivity contribution in [2.75, 3.05) is 20.2 Å². The summed E-state index contributed by atoms with van der Waals surface area (Å²) >= 11 is 0. The number of methoxy groups -OCH3 is 1. The van der Waals surface area contributed by atoms with E-state index in [-0.39, 0.29) is 5.43 Å². The van der Waals surface area contributed by atoms with Gasteiger partial charge in [-0.2, -0.15) is 0 Å². The number of quaternary nitrogens is 1. The Balaban J connectivity index is 1.93. The summed E-state index contributed by atoms with van der Waals surface area (Å²) in [6.45, 7) is 3.06. The van der Waals surface area contributed by atoms with Crippen LogP contribution in [0.1, 0.15) is 18.4 Å². The topological polar surface area (TPSA) is 46.5 Å². The number of H-pyrrole nitrogens is 1. The maximum absolute atomic E-state index is 13.3. The van der Waals surface area contributed by atoms with Gasteiger partial charge in [0.05, 0.1) is 37.0 Å². The van der Waals surface area contributed by atoms with Gasteiger partial charge in [0.15, 0.2) is 5.43 Å². The van der Waals surface area contributed by atoms with Crippen LogP contribution in [-0.2, 0) is 6.54 Å². The molecule has 0 aliphatic carbocycles. The molecule has 0 spiro atoms. The summed E-state index contributed by atoms with van der Waals surface area (Å²) in [6, 6.07) is 15.8. The first kappa shape index (κ1) is 15.9. The van der Waals surface area contributed by atoms with Crippen molar-refractivity contribution in [3.63, 3.8) is 0 Å². The molecule has 0 amide bonds. The first-order valence-corrected chi connectivity index (χ1v) is 8.88. The minimum atomic E-state index is 0.117. The van der Waals surface area contributed by atoms with Crippen molar-refractivity contribution in [3.8, 4) is 17.0 Å². The SMILES string of the molecule is COc1ccc2[nH]c(-c3ccccc3)c(C[NH+]3CCCC3)c(=O)c2c1. The van der Waals surface area contributed by atoms with Gasteiger partial charge in [-0.05, 0) is 23.8 Å². The first-order chi connectivity index (χ1) is 12.3. The Labute approximate surface area is 147 Å². The third-order valence-electron chi connectivity index (χ3n) is 5.11. The van der Waals surface area contributed by atoms with Gasteiger partial charge >= 0.3 is 0 Å². The van der Waals surface area contributed by atoms with Gasteiger partial charge in [0.2, 0.25) is 0 Å². The van der Waals surface area contributed by atoms with Crippen LogP contribution in [0.25, 0.3) is 22.2 Å². The van der Waals surface area contributed by atoms with Crippen molar-refractivity contribution in [1.29, 1.82) is 0 Å². The van der Waals surface area contributed by atoms with E-state index in [0.29, 0.717) is 11.1 Å². The normalized spacial score (nSPS) is 14.9. The molecule has 2 heterocycles. The van der Waals surface area contributed by atoms with Crippen molar-refractivity contribution in [2.45, 2.75) is 19.4 Å². The van der Waals surface area contributed by atoms with Crippen LogP contribution in [0.2, 0.25) is 0 Å². The lowest BCUT2D eigenvalue weighted by atomic mass is 10.0. The first-order valence-electron chi connectivity index (χ1n) is 8.88. The number of aromatic amines is 1. The van der Waals surface area contributed by atoms with Crippen LogP contribution in [0.3, 0.4) is 0 Å². The Morgan fingerprint density at radius 2 is 1.84 bits per heavy atom. The monoisotopic (exact) mass is 335 g/mol. The highest BCUT2D eigenvalue weighted by Crippen LogP contribution is 2.24. The second kappa shape index (κ2) is 6.73. The van der Waals surface area contributed by atoms with Gasteiger partial charge in [-0.15, -0.1) is 0 Å². The number of pyridine rings is 1. The van der Waals surface area contributed by atoms with Gasteiger partial charge in [0.25, 0.3) is 0 Å². The van der Waals surface area contributed by atoms with Gasteiger partial charge in [0, 0.05) is 18.2 Å². The molecular weight excluding hydrogens is 312 g/mol. The van der Waals surface area contributed by atoms with Crippen molar-refractivity contribution in [1.82, 2.24) is 4.98 Å². The highest BCUT2D eigenvalue weighted by Gasteiger charge is 2.22. The lowest BCUT2D eigenvalue weighted by molar-refractivity contribution is -0.901. The number of aromatic nitrogens is 1. The molecule has 0 radical (unpaired) electrons. The summed E-state index contributed by atoms with van der Waals surface area (Å²) in [7, 11) is 1.63. The van der Waals surface area contributed by atoms with E-state index in [2.05, 4.69) is 17.1 Å². The summed E-state index contributed by atoms with van der Waals surface area (Å²) in [6.07, 6.45) is 2.49. The Bertz CT molecular complexity index is 941. The molecule has 1 aliphatic rings. The Hall–Kier alpha value is -2.59. The average molecular weight is 335 g/mol. The van der Waals surface area contributed by atoms with E-state index in [0.717, 1.165) is 42.0 Å². The van der Waals surface area contributed by atoms with E-state index in [1.165, 1.54) is 17.7 Å². The highest BCUT2D eigenvalue weighted by atomic mass is 16.5. The summed E-state index contributed by atoms with van der Waals surface area (Å²) in [5.74, 6) is 0.713. The fourth-order valence-corrected chi connectivity index (χ4v) is 3.76. The minimum absolute atomic E-state index is 0.117. The van der Waals surface area contributed by atoms with Crippen LogP contribution in [0, 0.1) is 0 Å². The molecule has 0 bridgehead atoms. The van der Waals surface area contributed by atoms with E-state index in [9.17, 15) is 4.79 Å². The fraction of sp³-hybridized carbons (Fsp3) is 0.286. The predicted octanol–water partition coefficient (Wildman–Crippen LogP) is 2.38. The minimum Gasteiger partial charge on any atom is -0.497 e. The summed E-state index contributed by atoms with van der Waals surface area (Å²) < 4.78 is 5.31. The third kappa shape index (κ3) is 3.05. The smallest absolute Gasteiger partial charge is 0.199 e. The lowest BCUT2D eigenvalue weighted by Crippen LogP contribution is -3.08. The van der Waals surface area contributed by atoms with Gasteiger partial charge in [-0.1, -0.05) is 30.3 Å². The van der Waals surface area contributed by atoms with E-state index < -0.39 is 0 Å². The molecule has 3 aromatic rings. The molecule has 0 atom stereocenters. The summed E-state index contributed by atoms with van der Waals surface area (Å²) in [4.78, 5) is 18.3. The average Bonchev–Trinajstić information content (AvgIpc) is 3.17. The molecule has 2 aromatic carbocycles. The maximum Gasteiger partial charge on any atom is 0.199 e. The summed E-state index contributed by atoms with van der Waals surface area (Å²) in [5.41, 5.74) is 3.85. The molecule has 4 rings (SSSR count). The van der Waals surface area contributed by atoms with E-state index in [1.807, 2.05) is 36.4 Å². The second-order valence-corrected chi connectivity index (χ2v) is 6.72. The van der Waals surface area contributed by atoms with Crippen LogP contribution in [0.5, 0.6) is 5.75 Å². The Kier molecular flexibility index (Phi) is 4.28. The molecule has 1 fully saturated rings. The zero-order chi connectivity index (χ0) is 17.2. The van der Waals surface area contributed by atoms with Gasteiger partial charge < -0.3 is 14.6 Å². The second-order valence-electron chi connectivity index (χ2n) is 6.72. The quantitative estimate of drug-likeness (QED) is 0.769. The number of nitrogens with one attached hydrogen (secondary N) is 2. The Morgan fingerprint density at radius 3 is 2.56 bits per heavy atom. The standard InChI is InChI=1S/C21H22N2O2/c1-25-16-9-10-19-17(13-16)21(24)18(14-23-11-5-6-12-23)20(22-19)15-7-3-2-4-8-15/h2-4,7-10,13H,5-6,11-12,14H2,1H3,(H,22,24)/p+1. The number of rotatable bonds is 4. The van der Waals surface area contributed by atoms with Crippen molar-refractivity contribution in [3.05, 3.63) is 64.3 Å². The van der Waals surface area contributed by atoms with Gasteiger partial charge in [0.1, 0.15) is 12.3 Å². The number of likely N-dealkylation sites (tertiary alicyclic amines) is 1. The molecule has 1 saturated heterocycles. The molecule has 1 aliphatic heterocycles. The molecule has 128 valence electrons. The molecule has 0 unspecified atom stereocenters. The molecule has 1 aromatic heterocycles. The van der Waals surface area contributed by atoms with E-state index in [1.54, 1.807) is 7.11 Å². The molecule has 0 saturated carbocycles. The molecular formula is C21H23N2O2+. The lowest BCUT2D eigenvalue weighted by Gasteiger charge is -2.16. The van der Waals surface area contributed by atoms with Crippen LogP contribution in [0.4, 0.5) is 0 Å². The van der Waals surface area contributed by atoms with Crippen molar-refractivity contribution >= 4 is 10.9 Å². The number of fused-ring (bicyclic) bond motifs is 1. The molecule has 4 nitrogen and oxygen atoms in total. The van der Waals surface area contributed by atoms with Crippen molar-refractivity contribution < 1.29 is 9.64 Å². The number of hydrogen-bond donors (Lipinski definition) is 2. The number of benzene rings is 2. The molecule has 2 N–H and O–H groups in total. The predicted molar refractivity (Wildman–Crippen MR) is 100 cm³/mol. The zero-order valence-corrected chi connectivity index (χ0v) is 14.5.